The Morgan fingerprint density at radius 1 is 1.08 bits per heavy atom. The van der Waals surface area contributed by atoms with Gasteiger partial charge in [-0.2, -0.15) is 0 Å². The summed E-state index contributed by atoms with van der Waals surface area (Å²) in [5.41, 5.74) is 2.14. The number of amides is 2. The third-order valence-corrected chi connectivity index (χ3v) is 6.28. The van der Waals surface area contributed by atoms with Gasteiger partial charge in [0.1, 0.15) is 41.5 Å². The van der Waals surface area contributed by atoms with E-state index in [4.69, 9.17) is 9.47 Å². The molecular formula is C28H25F2N5O4. The summed E-state index contributed by atoms with van der Waals surface area (Å²) in [4.78, 5) is 27.7. The predicted molar refractivity (Wildman–Crippen MR) is 138 cm³/mol. The smallest absolute Gasteiger partial charge is 0.251 e. The molecule has 4 aromatic rings. The van der Waals surface area contributed by atoms with Crippen molar-refractivity contribution in [1.29, 1.82) is 0 Å². The monoisotopic (exact) mass is 533 g/mol. The minimum absolute atomic E-state index is 0.0370. The second-order valence-corrected chi connectivity index (χ2v) is 8.93. The molecule has 0 aliphatic carbocycles. The van der Waals surface area contributed by atoms with Gasteiger partial charge in [0.25, 0.3) is 5.91 Å². The first-order valence-corrected chi connectivity index (χ1v) is 12.3. The number of hydrogen-bond donors (Lipinski definition) is 1. The summed E-state index contributed by atoms with van der Waals surface area (Å²) in [7, 11) is 1.55. The molecule has 11 heteroatoms. The van der Waals surface area contributed by atoms with E-state index in [2.05, 4.69) is 15.6 Å². The normalized spacial score (nSPS) is 15.2. The van der Waals surface area contributed by atoms with Crippen LogP contribution in [-0.4, -0.2) is 46.5 Å². The molecule has 1 fully saturated rings. The maximum absolute atomic E-state index is 13.3. The molecule has 200 valence electrons. The van der Waals surface area contributed by atoms with Crippen molar-refractivity contribution in [3.8, 4) is 17.2 Å². The van der Waals surface area contributed by atoms with Crippen LogP contribution in [0.2, 0.25) is 0 Å². The van der Waals surface area contributed by atoms with Gasteiger partial charge in [-0.05, 0) is 49.2 Å². The molecule has 3 aromatic carbocycles. The Hall–Kier alpha value is -4.80. The number of anilines is 1. The van der Waals surface area contributed by atoms with Crippen LogP contribution in [0.1, 0.15) is 28.9 Å². The van der Waals surface area contributed by atoms with Crippen molar-refractivity contribution in [2.45, 2.75) is 25.5 Å². The Bertz CT molecular complexity index is 1470. The summed E-state index contributed by atoms with van der Waals surface area (Å²) in [5, 5.41) is 10.9. The molecule has 5 rings (SSSR count). The molecule has 2 heterocycles. The Kier molecular flexibility index (Phi) is 7.48. The predicted octanol–water partition coefficient (Wildman–Crippen LogP) is 4.06. The van der Waals surface area contributed by atoms with Gasteiger partial charge in [0.2, 0.25) is 5.91 Å². The topological polar surface area (TPSA) is 98.6 Å². The minimum atomic E-state index is -0.737. The van der Waals surface area contributed by atoms with Crippen molar-refractivity contribution in [2.75, 3.05) is 18.6 Å². The van der Waals surface area contributed by atoms with Crippen LogP contribution in [0.5, 0.6) is 11.5 Å². The summed E-state index contributed by atoms with van der Waals surface area (Å²) < 4.78 is 38.9. The lowest BCUT2D eigenvalue weighted by molar-refractivity contribution is -0.121. The van der Waals surface area contributed by atoms with E-state index in [1.165, 1.54) is 4.68 Å². The number of piperidine rings is 1. The van der Waals surface area contributed by atoms with Crippen molar-refractivity contribution >= 4 is 17.5 Å². The first kappa shape index (κ1) is 25.8. The number of carbonyl (C=O) groups is 2. The van der Waals surface area contributed by atoms with Gasteiger partial charge >= 0.3 is 0 Å². The first-order chi connectivity index (χ1) is 18.9. The van der Waals surface area contributed by atoms with E-state index >= 15 is 0 Å². The molecule has 9 nitrogen and oxygen atoms in total. The molecule has 1 aromatic heterocycles. The summed E-state index contributed by atoms with van der Waals surface area (Å²) >= 11 is 0. The first-order valence-electron chi connectivity index (χ1n) is 12.3. The maximum atomic E-state index is 13.3. The lowest BCUT2D eigenvalue weighted by Gasteiger charge is -2.33. The molecular weight excluding hydrogens is 508 g/mol. The van der Waals surface area contributed by atoms with Gasteiger partial charge in [0.15, 0.2) is 0 Å². The van der Waals surface area contributed by atoms with Gasteiger partial charge in [-0.1, -0.05) is 17.3 Å². The number of nitrogens with zero attached hydrogens (tertiary/aromatic N) is 4. The van der Waals surface area contributed by atoms with E-state index < -0.39 is 17.7 Å². The molecule has 1 saturated heterocycles. The Balaban J connectivity index is 1.21. The molecule has 0 radical (unpaired) electrons. The fourth-order valence-corrected chi connectivity index (χ4v) is 4.37. The minimum Gasteiger partial charge on any atom is -0.495 e. The zero-order chi connectivity index (χ0) is 27.4. The number of carbonyl (C=O) groups excluding carboxylic acids is 2. The van der Waals surface area contributed by atoms with E-state index in [0.29, 0.717) is 41.3 Å². The Morgan fingerprint density at radius 2 is 1.82 bits per heavy atom. The summed E-state index contributed by atoms with van der Waals surface area (Å²) in [6, 6.07) is 16.2. The number of methoxy groups -OCH3 is 1. The van der Waals surface area contributed by atoms with Crippen molar-refractivity contribution in [1.82, 2.24) is 20.3 Å². The van der Waals surface area contributed by atoms with E-state index in [1.54, 1.807) is 48.5 Å². The van der Waals surface area contributed by atoms with Crippen LogP contribution in [0.15, 0.2) is 72.9 Å². The molecule has 1 atom stereocenters. The summed E-state index contributed by atoms with van der Waals surface area (Å²) in [6.07, 6.45) is 2.89. The highest BCUT2D eigenvalue weighted by molar-refractivity contribution is 6.03. The van der Waals surface area contributed by atoms with E-state index in [1.807, 2.05) is 18.2 Å². The molecule has 1 aliphatic rings. The zero-order valence-electron chi connectivity index (χ0n) is 21.0. The number of hydrogen-bond acceptors (Lipinski definition) is 6. The van der Waals surface area contributed by atoms with Gasteiger partial charge in [0, 0.05) is 30.3 Å². The quantitative estimate of drug-likeness (QED) is 0.367. The summed E-state index contributed by atoms with van der Waals surface area (Å²) in [5.74, 6) is -1.39. The van der Waals surface area contributed by atoms with E-state index in [-0.39, 0.29) is 24.2 Å². The molecule has 1 N–H and O–H groups in total. The highest BCUT2D eigenvalue weighted by atomic mass is 19.1. The van der Waals surface area contributed by atoms with Gasteiger partial charge in [-0.25, -0.2) is 13.5 Å². The second-order valence-electron chi connectivity index (χ2n) is 8.93. The van der Waals surface area contributed by atoms with Crippen LogP contribution < -0.4 is 19.7 Å². The number of aromatic nitrogens is 3. The molecule has 0 spiro atoms. The third kappa shape index (κ3) is 5.87. The summed E-state index contributed by atoms with van der Waals surface area (Å²) in [6.45, 7) is 0.509. The van der Waals surface area contributed by atoms with Crippen LogP contribution in [0.25, 0.3) is 5.69 Å². The largest absolute Gasteiger partial charge is 0.495 e. The van der Waals surface area contributed by atoms with E-state index in [0.717, 1.165) is 24.6 Å². The Morgan fingerprint density at radius 3 is 2.56 bits per heavy atom. The van der Waals surface area contributed by atoms with Gasteiger partial charge in [-0.15, -0.1) is 5.10 Å². The second kappa shape index (κ2) is 11.3. The van der Waals surface area contributed by atoms with Gasteiger partial charge in [0.05, 0.1) is 24.7 Å². The molecule has 1 unspecified atom stereocenters. The number of rotatable bonds is 8. The fourth-order valence-electron chi connectivity index (χ4n) is 4.37. The lowest BCUT2D eigenvalue weighted by Crippen LogP contribution is -2.52. The average molecular weight is 534 g/mol. The van der Waals surface area contributed by atoms with Crippen LogP contribution in [0.4, 0.5) is 14.5 Å². The van der Waals surface area contributed by atoms with Gasteiger partial charge in [-0.3, -0.25) is 9.59 Å². The molecule has 2 amide bonds. The van der Waals surface area contributed by atoms with Crippen LogP contribution in [0, 0.1) is 11.6 Å². The zero-order valence-corrected chi connectivity index (χ0v) is 21.0. The SMILES string of the molecule is COc1ccccc1N1CCCC(NC(=O)c2ccc(-n3cc(COc4cc(F)cc(F)c4)nn3)cc2)C1=O. The molecule has 39 heavy (non-hydrogen) atoms. The number of ether oxygens (including phenoxy) is 2. The molecule has 1 aliphatic heterocycles. The van der Waals surface area contributed by atoms with Crippen molar-refractivity contribution in [2.24, 2.45) is 0 Å². The van der Waals surface area contributed by atoms with Gasteiger partial charge < -0.3 is 19.7 Å². The van der Waals surface area contributed by atoms with Crippen molar-refractivity contribution < 1.29 is 27.8 Å². The van der Waals surface area contributed by atoms with Crippen molar-refractivity contribution in [3.63, 3.8) is 0 Å². The lowest BCUT2D eigenvalue weighted by atomic mass is 10.0. The van der Waals surface area contributed by atoms with Crippen LogP contribution >= 0.6 is 0 Å². The van der Waals surface area contributed by atoms with Crippen LogP contribution in [-0.2, 0) is 11.4 Å². The fraction of sp³-hybridized carbons (Fsp3) is 0.214. The van der Waals surface area contributed by atoms with Crippen LogP contribution in [0.3, 0.4) is 0 Å². The highest BCUT2D eigenvalue weighted by Crippen LogP contribution is 2.30. The third-order valence-electron chi connectivity index (χ3n) is 6.28. The number of nitrogens with one attached hydrogen (secondary N) is 1. The molecule has 0 bridgehead atoms. The van der Waals surface area contributed by atoms with E-state index in [9.17, 15) is 18.4 Å². The average Bonchev–Trinajstić information content (AvgIpc) is 3.42. The Labute approximate surface area is 223 Å². The van der Waals surface area contributed by atoms with Crippen molar-refractivity contribution in [3.05, 3.63) is 95.8 Å². The highest BCUT2D eigenvalue weighted by Gasteiger charge is 2.32. The number of para-hydroxylation sites is 2. The molecule has 0 saturated carbocycles. The maximum Gasteiger partial charge on any atom is 0.251 e. The number of halogens is 2. The standard InChI is InChI=1S/C28H25F2N5O4/c1-38-26-7-3-2-6-25(26)34-12-4-5-24(28(34)37)31-27(36)18-8-10-22(11-9-18)35-16-21(32-33-35)17-39-23-14-19(29)13-20(30)15-23/h2-3,6-11,13-16,24H,4-5,12,17H2,1H3,(H,31,36). The number of benzene rings is 3.